The zero-order valence-electron chi connectivity index (χ0n) is 20.8. The van der Waals surface area contributed by atoms with Gasteiger partial charge < -0.3 is 10.2 Å². The van der Waals surface area contributed by atoms with Crippen LogP contribution in [-0.4, -0.2) is 32.9 Å². The van der Waals surface area contributed by atoms with E-state index in [-0.39, 0.29) is 0 Å². The van der Waals surface area contributed by atoms with Gasteiger partial charge in [0, 0.05) is 30.4 Å². The van der Waals surface area contributed by atoms with E-state index in [9.17, 15) is 4.79 Å². The van der Waals surface area contributed by atoms with Gasteiger partial charge in [0.2, 0.25) is 5.91 Å². The SMILES string of the molecule is Cc1cc2ncnc(NC3CC3)c2cc1-c1cccc(CN(C(=O)CC2CCCCC2)C2CC2)c1. The van der Waals surface area contributed by atoms with E-state index in [0.29, 0.717) is 30.5 Å². The van der Waals surface area contributed by atoms with Crippen molar-refractivity contribution in [3.05, 3.63) is 53.9 Å². The van der Waals surface area contributed by atoms with Crippen molar-refractivity contribution >= 4 is 22.6 Å². The quantitative estimate of drug-likeness (QED) is 0.402. The molecule has 0 saturated heterocycles. The first-order chi connectivity index (χ1) is 17.1. The van der Waals surface area contributed by atoms with Crippen molar-refractivity contribution in [2.45, 2.75) is 89.8 Å². The Labute approximate surface area is 208 Å². The summed E-state index contributed by atoms with van der Waals surface area (Å²) in [5.74, 6) is 1.88. The number of carbonyl (C=O) groups excluding carboxylic acids is 1. The van der Waals surface area contributed by atoms with Crippen LogP contribution >= 0.6 is 0 Å². The fourth-order valence-corrected chi connectivity index (χ4v) is 5.65. The molecule has 1 heterocycles. The predicted octanol–water partition coefficient (Wildman–Crippen LogP) is 6.64. The van der Waals surface area contributed by atoms with Gasteiger partial charge in [0.1, 0.15) is 12.1 Å². The number of carbonyl (C=O) groups is 1. The molecule has 0 atom stereocenters. The lowest BCUT2D eigenvalue weighted by Crippen LogP contribution is -2.34. The summed E-state index contributed by atoms with van der Waals surface area (Å²) >= 11 is 0. The van der Waals surface area contributed by atoms with Crippen molar-refractivity contribution in [2.75, 3.05) is 5.32 Å². The first kappa shape index (κ1) is 22.5. The first-order valence-corrected chi connectivity index (χ1v) is 13.5. The lowest BCUT2D eigenvalue weighted by molar-refractivity contribution is -0.133. The number of fused-ring (bicyclic) bond motifs is 1. The minimum absolute atomic E-state index is 0.361. The van der Waals surface area contributed by atoms with Gasteiger partial charge >= 0.3 is 0 Å². The number of hydrogen-bond donors (Lipinski definition) is 1. The van der Waals surface area contributed by atoms with Crippen LogP contribution in [0.2, 0.25) is 0 Å². The summed E-state index contributed by atoms with van der Waals surface area (Å²) in [7, 11) is 0. The van der Waals surface area contributed by atoms with Gasteiger partial charge in [-0.15, -0.1) is 0 Å². The molecular weight excluding hydrogens is 432 g/mol. The molecule has 3 aliphatic rings. The van der Waals surface area contributed by atoms with Gasteiger partial charge in [0.05, 0.1) is 5.52 Å². The molecule has 182 valence electrons. The second-order valence-corrected chi connectivity index (χ2v) is 11.0. The van der Waals surface area contributed by atoms with E-state index in [1.807, 2.05) is 0 Å². The molecular formula is C30H36N4O. The van der Waals surface area contributed by atoms with Crippen molar-refractivity contribution < 1.29 is 4.79 Å². The number of amides is 1. The Hall–Kier alpha value is -2.95. The molecule has 5 heteroatoms. The van der Waals surface area contributed by atoms with Gasteiger partial charge in [0.25, 0.3) is 0 Å². The molecule has 0 radical (unpaired) electrons. The Balaban J connectivity index is 1.25. The monoisotopic (exact) mass is 468 g/mol. The standard InChI is InChI=1S/C30H36N4O/c1-20-14-28-27(30(32-19-31-28)33-24-10-11-24)17-26(20)23-9-5-8-22(15-23)18-34(25-12-13-25)29(35)16-21-6-3-2-4-7-21/h5,8-9,14-15,17,19,21,24-25H,2-4,6-7,10-13,16,18H2,1H3,(H,31,32,33). The highest BCUT2D eigenvalue weighted by Gasteiger charge is 2.33. The summed E-state index contributed by atoms with van der Waals surface area (Å²) in [5.41, 5.74) is 5.80. The van der Waals surface area contributed by atoms with Crippen LogP contribution in [0.3, 0.4) is 0 Å². The molecule has 1 amide bonds. The third-order valence-corrected chi connectivity index (χ3v) is 7.99. The Morgan fingerprint density at radius 2 is 1.83 bits per heavy atom. The highest BCUT2D eigenvalue weighted by atomic mass is 16.2. The fraction of sp³-hybridized carbons (Fsp3) is 0.500. The van der Waals surface area contributed by atoms with E-state index < -0.39 is 0 Å². The summed E-state index contributed by atoms with van der Waals surface area (Å²) in [6.45, 7) is 2.87. The Kier molecular flexibility index (Phi) is 6.17. The van der Waals surface area contributed by atoms with E-state index in [1.54, 1.807) is 6.33 Å². The van der Waals surface area contributed by atoms with Crippen LogP contribution in [0, 0.1) is 12.8 Å². The molecule has 6 rings (SSSR count). The summed E-state index contributed by atoms with van der Waals surface area (Å²) in [5, 5.41) is 4.64. The molecule has 35 heavy (non-hydrogen) atoms. The van der Waals surface area contributed by atoms with E-state index in [2.05, 4.69) is 63.5 Å². The number of aromatic nitrogens is 2. The molecule has 3 fully saturated rings. The van der Waals surface area contributed by atoms with Crippen LogP contribution in [0.1, 0.15) is 75.3 Å². The smallest absolute Gasteiger partial charge is 0.223 e. The molecule has 0 aliphatic heterocycles. The number of aryl methyl sites for hydroxylation is 1. The fourth-order valence-electron chi connectivity index (χ4n) is 5.65. The molecule has 5 nitrogen and oxygen atoms in total. The number of benzene rings is 2. The van der Waals surface area contributed by atoms with Crippen molar-refractivity contribution in [1.82, 2.24) is 14.9 Å². The average Bonchev–Trinajstić information content (AvgIpc) is 3.79. The second-order valence-electron chi connectivity index (χ2n) is 11.0. The van der Waals surface area contributed by atoms with Crippen LogP contribution < -0.4 is 5.32 Å². The van der Waals surface area contributed by atoms with Gasteiger partial charge in [-0.25, -0.2) is 9.97 Å². The number of nitrogens with one attached hydrogen (secondary N) is 1. The van der Waals surface area contributed by atoms with E-state index in [4.69, 9.17) is 0 Å². The topological polar surface area (TPSA) is 58.1 Å². The zero-order valence-corrected chi connectivity index (χ0v) is 20.8. The van der Waals surface area contributed by atoms with Crippen LogP contribution in [-0.2, 0) is 11.3 Å². The van der Waals surface area contributed by atoms with Gasteiger partial charge in [0.15, 0.2) is 0 Å². The Morgan fingerprint density at radius 3 is 2.60 bits per heavy atom. The molecule has 0 spiro atoms. The molecule has 3 aromatic rings. The van der Waals surface area contributed by atoms with Crippen molar-refractivity contribution in [3.8, 4) is 11.1 Å². The van der Waals surface area contributed by atoms with Crippen molar-refractivity contribution in [3.63, 3.8) is 0 Å². The third kappa shape index (κ3) is 5.19. The lowest BCUT2D eigenvalue weighted by atomic mass is 9.86. The molecule has 1 aromatic heterocycles. The maximum atomic E-state index is 13.3. The van der Waals surface area contributed by atoms with E-state index in [1.165, 1.54) is 67.2 Å². The molecule has 1 N–H and O–H groups in total. The zero-order chi connectivity index (χ0) is 23.8. The lowest BCUT2D eigenvalue weighted by Gasteiger charge is -2.27. The van der Waals surface area contributed by atoms with Crippen LogP contribution in [0.25, 0.3) is 22.0 Å². The van der Waals surface area contributed by atoms with Gasteiger partial charge in [-0.2, -0.15) is 0 Å². The molecule has 3 aliphatic carbocycles. The summed E-state index contributed by atoms with van der Waals surface area (Å²) in [6, 6.07) is 14.1. The van der Waals surface area contributed by atoms with Crippen LogP contribution in [0.5, 0.6) is 0 Å². The number of hydrogen-bond acceptors (Lipinski definition) is 4. The van der Waals surface area contributed by atoms with Crippen molar-refractivity contribution in [2.24, 2.45) is 5.92 Å². The van der Waals surface area contributed by atoms with E-state index in [0.717, 1.165) is 36.0 Å². The minimum atomic E-state index is 0.361. The van der Waals surface area contributed by atoms with Gasteiger partial charge in [-0.1, -0.05) is 37.5 Å². The van der Waals surface area contributed by atoms with E-state index >= 15 is 0 Å². The molecule has 0 bridgehead atoms. The number of rotatable bonds is 8. The first-order valence-electron chi connectivity index (χ1n) is 13.5. The Bertz CT molecular complexity index is 1220. The van der Waals surface area contributed by atoms with Crippen molar-refractivity contribution in [1.29, 1.82) is 0 Å². The highest BCUT2D eigenvalue weighted by molar-refractivity contribution is 5.94. The summed E-state index contributed by atoms with van der Waals surface area (Å²) < 4.78 is 0. The maximum Gasteiger partial charge on any atom is 0.223 e. The average molecular weight is 469 g/mol. The third-order valence-electron chi connectivity index (χ3n) is 7.99. The molecule has 2 aromatic carbocycles. The summed E-state index contributed by atoms with van der Waals surface area (Å²) in [6.07, 6.45) is 13.5. The Morgan fingerprint density at radius 1 is 1.00 bits per heavy atom. The summed E-state index contributed by atoms with van der Waals surface area (Å²) in [4.78, 5) is 24.5. The molecule has 0 unspecified atom stereocenters. The van der Waals surface area contributed by atoms with Gasteiger partial charge in [-0.3, -0.25) is 4.79 Å². The largest absolute Gasteiger partial charge is 0.367 e. The maximum absolute atomic E-state index is 13.3. The number of nitrogens with zero attached hydrogens (tertiary/aromatic N) is 3. The normalized spacial score (nSPS) is 18.5. The predicted molar refractivity (Wildman–Crippen MR) is 141 cm³/mol. The molecule has 3 saturated carbocycles. The number of anilines is 1. The minimum Gasteiger partial charge on any atom is -0.367 e. The highest BCUT2D eigenvalue weighted by Crippen LogP contribution is 2.35. The van der Waals surface area contributed by atoms with Crippen LogP contribution in [0.15, 0.2) is 42.7 Å². The van der Waals surface area contributed by atoms with Crippen LogP contribution in [0.4, 0.5) is 5.82 Å². The van der Waals surface area contributed by atoms with Gasteiger partial charge in [-0.05, 0) is 91.8 Å². The second kappa shape index (κ2) is 9.60.